The van der Waals surface area contributed by atoms with Gasteiger partial charge in [0.05, 0.1) is 40.1 Å². The Kier molecular flexibility index (Phi) is 8.24. The quantitative estimate of drug-likeness (QED) is 0.216. The number of carbonyl (C=O) groups excluding carboxylic acids is 1. The summed E-state index contributed by atoms with van der Waals surface area (Å²) in [6.07, 6.45) is 3.83. The van der Waals surface area contributed by atoms with Crippen LogP contribution in [0.1, 0.15) is 56.0 Å². The van der Waals surface area contributed by atoms with Gasteiger partial charge in [0.15, 0.2) is 4.80 Å². The lowest BCUT2D eigenvalue weighted by Crippen LogP contribution is -2.40. The smallest absolute Gasteiger partial charge is 0.338 e. The molecule has 3 heterocycles. The molecule has 0 saturated carbocycles. The highest BCUT2D eigenvalue weighted by Gasteiger charge is 2.35. The SMILES string of the molecule is CCOC(=O)C1=C(C)N=c2s/c(=C\c3cn(Cc4ccc(C#N)cc4)c4ccccc34)c(=O)n2[C@H]1c1ccccc1OC(C)C. The fourth-order valence-electron chi connectivity index (χ4n) is 5.70. The van der Waals surface area contributed by atoms with Crippen molar-refractivity contribution >= 4 is 34.3 Å². The molecule has 8 nitrogen and oxygen atoms in total. The number of ether oxygens (including phenoxy) is 2. The van der Waals surface area contributed by atoms with Crippen LogP contribution in [0.4, 0.5) is 0 Å². The Morgan fingerprint density at radius 3 is 2.56 bits per heavy atom. The summed E-state index contributed by atoms with van der Waals surface area (Å²) < 4.78 is 15.8. The fraction of sp³-hybridized carbons (Fsp3) is 0.222. The Bertz CT molecular complexity index is 2180. The molecule has 0 amide bonds. The molecular formula is C36H32N4O4S. The van der Waals surface area contributed by atoms with Crippen molar-refractivity contribution in [3.05, 3.63) is 132 Å². The normalized spacial score (nSPS) is 14.8. The molecule has 0 bridgehead atoms. The third-order valence-electron chi connectivity index (χ3n) is 7.64. The van der Waals surface area contributed by atoms with Crippen molar-refractivity contribution in [2.24, 2.45) is 4.99 Å². The largest absolute Gasteiger partial charge is 0.491 e. The zero-order valence-electron chi connectivity index (χ0n) is 25.5. The van der Waals surface area contributed by atoms with Crippen molar-refractivity contribution in [1.29, 1.82) is 5.26 Å². The summed E-state index contributed by atoms with van der Waals surface area (Å²) in [4.78, 5) is 32.9. The molecule has 3 aromatic carbocycles. The second-order valence-electron chi connectivity index (χ2n) is 11.0. The standard InChI is InChI=1S/C36H32N4O4S/c1-5-43-35(42)32-23(4)38-36-40(33(32)28-11-7-9-13-30(28)44-22(2)3)34(41)31(45-36)18-26-21-39(29-12-8-6-10-27(26)29)20-25-16-14-24(19-37)15-17-25/h6-18,21-22,33H,5,20H2,1-4H3/b31-18-/t33-/m0/s1. The first-order valence-corrected chi connectivity index (χ1v) is 15.6. The number of nitriles is 1. The summed E-state index contributed by atoms with van der Waals surface area (Å²) in [5.41, 5.74) is 4.86. The third kappa shape index (κ3) is 5.73. The van der Waals surface area contributed by atoms with E-state index in [0.29, 0.717) is 44.0 Å². The van der Waals surface area contributed by atoms with Crippen LogP contribution in [0.2, 0.25) is 0 Å². The lowest BCUT2D eigenvalue weighted by molar-refractivity contribution is -0.139. The van der Waals surface area contributed by atoms with E-state index in [1.165, 1.54) is 11.3 Å². The summed E-state index contributed by atoms with van der Waals surface area (Å²) >= 11 is 1.29. The summed E-state index contributed by atoms with van der Waals surface area (Å²) in [7, 11) is 0. The Balaban J connectivity index is 1.51. The Hall–Kier alpha value is -5.20. The van der Waals surface area contributed by atoms with Gasteiger partial charge in [0, 0.05) is 34.8 Å². The number of rotatable bonds is 8. The zero-order valence-corrected chi connectivity index (χ0v) is 26.3. The number of hydrogen-bond donors (Lipinski definition) is 0. The van der Waals surface area contributed by atoms with Gasteiger partial charge in [0.1, 0.15) is 11.8 Å². The van der Waals surface area contributed by atoms with E-state index in [0.717, 1.165) is 22.0 Å². The number of benzene rings is 3. The van der Waals surface area contributed by atoms with E-state index in [4.69, 9.17) is 14.5 Å². The fourth-order valence-corrected chi connectivity index (χ4v) is 6.73. The molecule has 2 aromatic heterocycles. The average molecular weight is 617 g/mol. The molecular weight excluding hydrogens is 584 g/mol. The predicted octanol–water partition coefficient (Wildman–Crippen LogP) is 5.46. The van der Waals surface area contributed by atoms with Crippen LogP contribution in [0.25, 0.3) is 17.0 Å². The number of aromatic nitrogens is 2. The molecule has 0 unspecified atom stereocenters. The number of carbonyl (C=O) groups is 1. The third-order valence-corrected chi connectivity index (χ3v) is 8.62. The summed E-state index contributed by atoms with van der Waals surface area (Å²) in [5.74, 6) is 0.0812. The number of hydrogen-bond acceptors (Lipinski definition) is 7. The second kappa shape index (κ2) is 12.4. The topological polar surface area (TPSA) is 98.6 Å². The van der Waals surface area contributed by atoms with E-state index < -0.39 is 12.0 Å². The first-order valence-electron chi connectivity index (χ1n) is 14.8. The molecule has 0 spiro atoms. The van der Waals surface area contributed by atoms with Crippen molar-refractivity contribution in [2.75, 3.05) is 6.61 Å². The number of thiazole rings is 1. The molecule has 9 heteroatoms. The highest BCUT2D eigenvalue weighted by molar-refractivity contribution is 7.07. The number of para-hydroxylation sites is 2. The highest BCUT2D eigenvalue weighted by Crippen LogP contribution is 2.36. The van der Waals surface area contributed by atoms with E-state index in [-0.39, 0.29) is 18.3 Å². The van der Waals surface area contributed by atoms with Crippen LogP contribution in [-0.4, -0.2) is 27.8 Å². The summed E-state index contributed by atoms with van der Waals surface area (Å²) in [6.45, 7) is 8.21. The van der Waals surface area contributed by atoms with E-state index in [9.17, 15) is 14.9 Å². The van der Waals surface area contributed by atoms with Crippen LogP contribution in [0.5, 0.6) is 5.75 Å². The molecule has 0 saturated heterocycles. The number of allylic oxidation sites excluding steroid dienone is 1. The number of nitrogens with zero attached hydrogens (tertiary/aromatic N) is 4. The zero-order chi connectivity index (χ0) is 31.7. The first-order chi connectivity index (χ1) is 21.8. The molecule has 5 aromatic rings. The minimum Gasteiger partial charge on any atom is -0.491 e. The molecule has 226 valence electrons. The summed E-state index contributed by atoms with van der Waals surface area (Å²) in [5, 5.41) is 10.2. The highest BCUT2D eigenvalue weighted by atomic mass is 32.1. The van der Waals surface area contributed by atoms with Crippen molar-refractivity contribution in [3.8, 4) is 11.8 Å². The summed E-state index contributed by atoms with van der Waals surface area (Å²) in [6, 6.07) is 24.5. The Labute approximate surface area is 264 Å². The molecule has 1 aliphatic heterocycles. The van der Waals surface area contributed by atoms with Crippen LogP contribution in [0, 0.1) is 11.3 Å². The van der Waals surface area contributed by atoms with Crippen LogP contribution in [-0.2, 0) is 16.1 Å². The monoisotopic (exact) mass is 616 g/mol. The van der Waals surface area contributed by atoms with Gasteiger partial charge in [-0.25, -0.2) is 9.79 Å². The maximum atomic E-state index is 14.3. The van der Waals surface area contributed by atoms with Crippen LogP contribution < -0.4 is 19.6 Å². The van der Waals surface area contributed by atoms with Crippen molar-refractivity contribution in [2.45, 2.75) is 46.4 Å². The molecule has 45 heavy (non-hydrogen) atoms. The van der Waals surface area contributed by atoms with Gasteiger partial charge < -0.3 is 14.0 Å². The van der Waals surface area contributed by atoms with Gasteiger partial charge >= 0.3 is 5.97 Å². The molecule has 0 radical (unpaired) electrons. The van der Waals surface area contributed by atoms with Gasteiger partial charge in [0.25, 0.3) is 5.56 Å². The number of fused-ring (bicyclic) bond motifs is 2. The lowest BCUT2D eigenvalue weighted by atomic mass is 9.95. The van der Waals surface area contributed by atoms with Gasteiger partial charge in [-0.2, -0.15) is 5.26 Å². The number of esters is 1. The van der Waals surface area contributed by atoms with Crippen molar-refractivity contribution in [1.82, 2.24) is 9.13 Å². The van der Waals surface area contributed by atoms with Gasteiger partial charge in [-0.05, 0) is 63.6 Å². The average Bonchev–Trinajstić information content (AvgIpc) is 3.53. The van der Waals surface area contributed by atoms with E-state index in [1.54, 1.807) is 18.4 Å². The molecule has 1 atom stereocenters. The second-order valence-corrected chi connectivity index (χ2v) is 12.1. The maximum absolute atomic E-state index is 14.3. The van der Waals surface area contributed by atoms with Gasteiger partial charge in [-0.1, -0.05) is 59.9 Å². The molecule has 1 aliphatic rings. The van der Waals surface area contributed by atoms with E-state index in [1.807, 2.05) is 92.9 Å². The van der Waals surface area contributed by atoms with Crippen molar-refractivity contribution in [3.63, 3.8) is 0 Å². The van der Waals surface area contributed by atoms with E-state index in [2.05, 4.69) is 16.7 Å². The molecule has 0 aliphatic carbocycles. The Morgan fingerprint density at radius 1 is 1.09 bits per heavy atom. The molecule has 6 rings (SSSR count). The molecule has 0 fully saturated rings. The van der Waals surface area contributed by atoms with Crippen LogP contribution >= 0.6 is 11.3 Å². The van der Waals surface area contributed by atoms with Gasteiger partial charge in [0.2, 0.25) is 0 Å². The van der Waals surface area contributed by atoms with Gasteiger partial charge in [-0.15, -0.1) is 0 Å². The van der Waals surface area contributed by atoms with Crippen LogP contribution in [0.3, 0.4) is 0 Å². The van der Waals surface area contributed by atoms with E-state index >= 15 is 0 Å². The molecule has 0 N–H and O–H groups in total. The van der Waals surface area contributed by atoms with Gasteiger partial charge in [-0.3, -0.25) is 9.36 Å². The minimum atomic E-state index is -0.768. The van der Waals surface area contributed by atoms with Crippen molar-refractivity contribution < 1.29 is 14.3 Å². The lowest BCUT2D eigenvalue weighted by Gasteiger charge is -2.26. The van der Waals surface area contributed by atoms with Crippen LogP contribution in [0.15, 0.2) is 100 Å². The predicted molar refractivity (Wildman–Crippen MR) is 175 cm³/mol. The Morgan fingerprint density at radius 2 is 1.82 bits per heavy atom. The first kappa shape index (κ1) is 29.9. The maximum Gasteiger partial charge on any atom is 0.338 e. The minimum absolute atomic E-state index is 0.111.